The van der Waals surface area contributed by atoms with Gasteiger partial charge >= 0.3 is 12.4 Å². The van der Waals surface area contributed by atoms with Crippen LogP contribution in [0.1, 0.15) is 69.3 Å². The normalized spacial score (nSPS) is 18.1. The van der Waals surface area contributed by atoms with Gasteiger partial charge in [-0.25, -0.2) is 4.98 Å². The Hall–Kier alpha value is -3.96. The minimum Gasteiger partial charge on any atom is -0.347 e. The van der Waals surface area contributed by atoms with Crippen LogP contribution >= 0.6 is 0 Å². The highest BCUT2D eigenvalue weighted by atomic mass is 19.4. The number of nitrogens with one attached hydrogen (secondary N) is 2. The third kappa shape index (κ3) is 6.48. The number of alkyl halides is 6. The summed E-state index contributed by atoms with van der Waals surface area (Å²) in [6.45, 7) is 0. The lowest BCUT2D eigenvalue weighted by Gasteiger charge is -2.32. The van der Waals surface area contributed by atoms with Crippen LogP contribution in [0.3, 0.4) is 0 Å². The van der Waals surface area contributed by atoms with E-state index in [2.05, 4.69) is 15.3 Å². The second-order valence-electron chi connectivity index (χ2n) is 8.91. The molecule has 2 unspecified atom stereocenters. The molecule has 0 aliphatic heterocycles. The molecular formula is C26H22F6N4O2. The Morgan fingerprint density at radius 3 is 2.05 bits per heavy atom. The monoisotopic (exact) mass is 536 g/mol. The summed E-state index contributed by atoms with van der Waals surface area (Å²) in [5.41, 5.74) is -3.34. The molecule has 2 amide bonds. The Labute approximate surface area is 213 Å². The number of carbonyl (C=O) groups is 2. The predicted octanol–water partition coefficient (Wildman–Crippen LogP) is 6.22. The quantitative estimate of drug-likeness (QED) is 0.379. The van der Waals surface area contributed by atoms with E-state index < -0.39 is 41.0 Å². The van der Waals surface area contributed by atoms with Crippen LogP contribution in [0.15, 0.2) is 60.9 Å². The Morgan fingerprint density at radius 1 is 0.816 bits per heavy atom. The lowest BCUT2D eigenvalue weighted by molar-refractivity contribution is -0.143. The number of aromatic nitrogens is 2. The number of carbonyl (C=O) groups excluding carboxylic acids is 2. The van der Waals surface area contributed by atoms with Gasteiger partial charge < -0.3 is 10.6 Å². The van der Waals surface area contributed by atoms with E-state index in [0.29, 0.717) is 12.1 Å². The Kier molecular flexibility index (Phi) is 7.70. The lowest BCUT2D eigenvalue weighted by atomic mass is 9.80. The standard InChI is InChI=1S/C26H22F6N4O2/c27-25(28,29)16-11-17(26(30,31)32)13-18(12-16)34-23(37)21-8-3-9-22(35-21)24(38)36-20-7-2-1-6-19(20)15-5-4-10-33-14-15/h3-5,8-14,19-20H,1-2,6-7H2,(H,34,37)(H,36,38). The molecule has 0 bridgehead atoms. The summed E-state index contributed by atoms with van der Waals surface area (Å²) in [5, 5.41) is 4.96. The molecule has 0 spiro atoms. The molecule has 4 rings (SSSR count). The Balaban J connectivity index is 1.52. The van der Waals surface area contributed by atoms with Gasteiger partial charge in [-0.15, -0.1) is 0 Å². The Bertz CT molecular complexity index is 1280. The third-order valence-corrected chi connectivity index (χ3v) is 6.25. The maximum absolute atomic E-state index is 13.1. The van der Waals surface area contributed by atoms with Crippen molar-refractivity contribution in [3.63, 3.8) is 0 Å². The minimum absolute atomic E-state index is 0.0385. The first-order valence-electron chi connectivity index (χ1n) is 11.7. The molecule has 3 aromatic rings. The SMILES string of the molecule is O=C(Nc1cc(C(F)(F)F)cc(C(F)(F)F)c1)c1cccc(C(=O)NC2CCCCC2c2cccnc2)n1. The first kappa shape index (κ1) is 27.1. The number of rotatable bonds is 5. The zero-order chi connectivity index (χ0) is 27.5. The van der Waals surface area contributed by atoms with Crippen LogP contribution in [-0.2, 0) is 12.4 Å². The van der Waals surface area contributed by atoms with E-state index in [9.17, 15) is 35.9 Å². The van der Waals surface area contributed by atoms with E-state index in [-0.39, 0.29) is 29.4 Å². The molecular weight excluding hydrogens is 514 g/mol. The molecule has 2 N–H and O–H groups in total. The summed E-state index contributed by atoms with van der Waals surface area (Å²) in [4.78, 5) is 33.8. The number of anilines is 1. The highest BCUT2D eigenvalue weighted by Gasteiger charge is 2.37. The molecule has 0 radical (unpaired) electrons. The van der Waals surface area contributed by atoms with Crippen molar-refractivity contribution >= 4 is 17.5 Å². The second-order valence-corrected chi connectivity index (χ2v) is 8.91. The van der Waals surface area contributed by atoms with E-state index >= 15 is 0 Å². The van der Waals surface area contributed by atoms with E-state index in [1.54, 1.807) is 12.4 Å². The summed E-state index contributed by atoms with van der Waals surface area (Å²) in [6, 6.07) is 8.20. The van der Waals surface area contributed by atoms with Crippen molar-refractivity contribution in [1.82, 2.24) is 15.3 Å². The first-order chi connectivity index (χ1) is 17.9. The molecule has 1 fully saturated rings. The van der Waals surface area contributed by atoms with Crippen LogP contribution in [0.4, 0.5) is 32.0 Å². The predicted molar refractivity (Wildman–Crippen MR) is 125 cm³/mol. The van der Waals surface area contributed by atoms with E-state index in [1.807, 2.05) is 17.4 Å². The average molecular weight is 536 g/mol. The minimum atomic E-state index is -5.07. The van der Waals surface area contributed by atoms with Crippen LogP contribution in [0.5, 0.6) is 0 Å². The topological polar surface area (TPSA) is 84.0 Å². The van der Waals surface area contributed by atoms with Crippen LogP contribution < -0.4 is 10.6 Å². The fourth-order valence-corrected chi connectivity index (χ4v) is 4.45. The van der Waals surface area contributed by atoms with Gasteiger partial charge in [0.25, 0.3) is 11.8 Å². The van der Waals surface area contributed by atoms with Gasteiger partial charge in [0.15, 0.2) is 0 Å². The second kappa shape index (κ2) is 10.8. The van der Waals surface area contributed by atoms with E-state index in [1.165, 1.54) is 18.2 Å². The maximum atomic E-state index is 13.1. The maximum Gasteiger partial charge on any atom is 0.416 e. The van der Waals surface area contributed by atoms with Gasteiger partial charge in [0.1, 0.15) is 11.4 Å². The van der Waals surface area contributed by atoms with Gasteiger partial charge in [-0.3, -0.25) is 14.6 Å². The summed E-state index contributed by atoms with van der Waals surface area (Å²) in [5.74, 6) is -1.59. The molecule has 2 atom stereocenters. The lowest BCUT2D eigenvalue weighted by Crippen LogP contribution is -2.41. The largest absolute Gasteiger partial charge is 0.416 e. The number of amides is 2. The number of hydrogen-bond acceptors (Lipinski definition) is 4. The van der Waals surface area contributed by atoms with Crippen molar-refractivity contribution in [3.8, 4) is 0 Å². The molecule has 1 saturated carbocycles. The van der Waals surface area contributed by atoms with Crippen LogP contribution in [0.2, 0.25) is 0 Å². The van der Waals surface area contributed by atoms with Crippen LogP contribution in [-0.4, -0.2) is 27.8 Å². The highest BCUT2D eigenvalue weighted by Crippen LogP contribution is 2.37. The molecule has 2 heterocycles. The summed E-state index contributed by atoms with van der Waals surface area (Å²) in [7, 11) is 0. The van der Waals surface area contributed by atoms with Crippen molar-refractivity contribution in [2.75, 3.05) is 5.32 Å². The molecule has 200 valence electrons. The molecule has 1 aliphatic carbocycles. The number of halogens is 6. The number of nitrogens with zero attached hydrogens (tertiary/aromatic N) is 2. The van der Waals surface area contributed by atoms with Gasteiger partial charge in [-0.2, -0.15) is 26.3 Å². The molecule has 12 heteroatoms. The molecule has 6 nitrogen and oxygen atoms in total. The van der Waals surface area contributed by atoms with Gasteiger partial charge in [-0.05, 0) is 54.8 Å². The molecule has 2 aromatic heterocycles. The molecule has 1 aliphatic rings. The highest BCUT2D eigenvalue weighted by molar-refractivity contribution is 6.04. The van der Waals surface area contributed by atoms with Gasteiger partial charge in [0.05, 0.1) is 11.1 Å². The smallest absolute Gasteiger partial charge is 0.347 e. The van der Waals surface area contributed by atoms with Crippen LogP contribution in [0.25, 0.3) is 0 Å². The Morgan fingerprint density at radius 2 is 1.45 bits per heavy atom. The van der Waals surface area contributed by atoms with Crippen molar-refractivity contribution in [2.24, 2.45) is 0 Å². The zero-order valence-corrected chi connectivity index (χ0v) is 19.7. The third-order valence-electron chi connectivity index (χ3n) is 6.25. The van der Waals surface area contributed by atoms with E-state index in [4.69, 9.17) is 0 Å². The fraction of sp³-hybridized carbons (Fsp3) is 0.308. The van der Waals surface area contributed by atoms with Gasteiger partial charge in [0.2, 0.25) is 0 Å². The average Bonchev–Trinajstić information content (AvgIpc) is 2.88. The number of benzene rings is 1. The van der Waals surface area contributed by atoms with Gasteiger partial charge in [-0.1, -0.05) is 25.0 Å². The van der Waals surface area contributed by atoms with Crippen LogP contribution in [0, 0.1) is 0 Å². The molecule has 38 heavy (non-hydrogen) atoms. The number of pyridine rings is 2. The summed E-state index contributed by atoms with van der Waals surface area (Å²) < 4.78 is 78.8. The summed E-state index contributed by atoms with van der Waals surface area (Å²) >= 11 is 0. The van der Waals surface area contributed by atoms with Crippen molar-refractivity contribution < 1.29 is 35.9 Å². The van der Waals surface area contributed by atoms with Crippen molar-refractivity contribution in [1.29, 1.82) is 0 Å². The first-order valence-corrected chi connectivity index (χ1v) is 11.7. The van der Waals surface area contributed by atoms with Gasteiger partial charge in [0, 0.05) is 30.0 Å². The molecule has 0 saturated heterocycles. The molecule has 1 aromatic carbocycles. The fourth-order valence-electron chi connectivity index (χ4n) is 4.45. The zero-order valence-electron chi connectivity index (χ0n) is 19.7. The summed E-state index contributed by atoms with van der Waals surface area (Å²) in [6.07, 6.45) is -3.25. The van der Waals surface area contributed by atoms with E-state index in [0.717, 1.165) is 31.2 Å². The number of hydrogen-bond donors (Lipinski definition) is 2. The van der Waals surface area contributed by atoms with Crippen molar-refractivity contribution in [3.05, 3.63) is 89.0 Å². The van der Waals surface area contributed by atoms with Crippen molar-refractivity contribution in [2.45, 2.75) is 50.0 Å².